The molecule has 27 heavy (non-hydrogen) atoms. The Bertz CT molecular complexity index is 805. The SMILES string of the molecule is CN=C(NCCc1cc(F)cc2c1OCOC2)NCc1ccccc1Cl.I. The second kappa shape index (κ2) is 10.7. The van der Waals surface area contributed by atoms with E-state index in [1.54, 1.807) is 7.05 Å². The molecule has 1 aliphatic rings. The number of hydrogen-bond donors (Lipinski definition) is 2. The van der Waals surface area contributed by atoms with Crippen molar-refractivity contribution in [3.63, 3.8) is 0 Å². The molecule has 0 spiro atoms. The van der Waals surface area contributed by atoms with E-state index in [-0.39, 0.29) is 36.6 Å². The molecule has 0 bridgehead atoms. The highest BCUT2D eigenvalue weighted by Gasteiger charge is 2.16. The quantitative estimate of drug-likeness (QED) is 0.368. The van der Waals surface area contributed by atoms with Crippen LogP contribution in [0.2, 0.25) is 5.02 Å². The minimum absolute atomic E-state index is 0. The summed E-state index contributed by atoms with van der Waals surface area (Å²) >= 11 is 6.16. The first-order chi connectivity index (χ1) is 12.7. The summed E-state index contributed by atoms with van der Waals surface area (Å²) in [5, 5.41) is 7.15. The van der Waals surface area contributed by atoms with Gasteiger partial charge in [0.1, 0.15) is 11.6 Å². The van der Waals surface area contributed by atoms with Gasteiger partial charge in [-0.1, -0.05) is 29.8 Å². The predicted octanol–water partition coefficient (Wildman–Crippen LogP) is 3.87. The maximum atomic E-state index is 13.8. The number of nitrogens with zero attached hydrogens (tertiary/aromatic N) is 1. The number of benzene rings is 2. The van der Waals surface area contributed by atoms with Crippen LogP contribution in [-0.4, -0.2) is 26.3 Å². The highest BCUT2D eigenvalue weighted by Crippen LogP contribution is 2.29. The molecule has 1 heterocycles. The van der Waals surface area contributed by atoms with Crippen LogP contribution in [0.1, 0.15) is 16.7 Å². The molecule has 146 valence electrons. The van der Waals surface area contributed by atoms with E-state index in [0.717, 1.165) is 22.4 Å². The van der Waals surface area contributed by atoms with Crippen molar-refractivity contribution in [2.24, 2.45) is 4.99 Å². The second-order valence-electron chi connectivity index (χ2n) is 5.86. The second-order valence-corrected chi connectivity index (χ2v) is 6.26. The molecule has 2 aromatic rings. The average molecular weight is 506 g/mol. The summed E-state index contributed by atoms with van der Waals surface area (Å²) in [4.78, 5) is 4.20. The Hall–Kier alpha value is -1.58. The van der Waals surface area contributed by atoms with Gasteiger partial charge in [0.25, 0.3) is 0 Å². The van der Waals surface area contributed by atoms with E-state index in [4.69, 9.17) is 21.1 Å². The Balaban J connectivity index is 0.00000261. The van der Waals surface area contributed by atoms with E-state index in [2.05, 4.69) is 15.6 Å². The number of fused-ring (bicyclic) bond motifs is 1. The number of nitrogens with one attached hydrogen (secondary N) is 2. The standard InChI is InChI=1S/C19H21ClFN3O2.HI/c1-22-19(24-10-14-4-2-3-5-17(14)20)23-7-6-13-8-16(21)9-15-11-25-12-26-18(13)15;/h2-5,8-9H,6-7,10-12H2,1H3,(H2,22,23,24);1H. The summed E-state index contributed by atoms with van der Waals surface area (Å²) in [5.41, 5.74) is 2.55. The summed E-state index contributed by atoms with van der Waals surface area (Å²) in [7, 11) is 1.70. The van der Waals surface area contributed by atoms with E-state index in [0.29, 0.717) is 37.1 Å². The van der Waals surface area contributed by atoms with E-state index >= 15 is 0 Å². The highest BCUT2D eigenvalue weighted by molar-refractivity contribution is 14.0. The van der Waals surface area contributed by atoms with Crippen molar-refractivity contribution in [1.29, 1.82) is 0 Å². The van der Waals surface area contributed by atoms with Gasteiger partial charge in [-0.15, -0.1) is 24.0 Å². The van der Waals surface area contributed by atoms with Crippen LogP contribution in [0.5, 0.6) is 5.75 Å². The number of rotatable bonds is 5. The van der Waals surface area contributed by atoms with Crippen molar-refractivity contribution in [3.05, 3.63) is 63.9 Å². The van der Waals surface area contributed by atoms with Gasteiger partial charge in [0.15, 0.2) is 12.8 Å². The van der Waals surface area contributed by atoms with Crippen molar-refractivity contribution in [3.8, 4) is 5.75 Å². The molecule has 0 saturated carbocycles. The van der Waals surface area contributed by atoms with Crippen molar-refractivity contribution in [2.45, 2.75) is 19.6 Å². The van der Waals surface area contributed by atoms with Gasteiger partial charge in [-0.25, -0.2) is 4.39 Å². The van der Waals surface area contributed by atoms with E-state index < -0.39 is 0 Å². The van der Waals surface area contributed by atoms with Gasteiger partial charge in [-0.05, 0) is 35.7 Å². The summed E-state index contributed by atoms with van der Waals surface area (Å²) in [6.07, 6.45) is 0.604. The third-order valence-electron chi connectivity index (χ3n) is 4.07. The van der Waals surface area contributed by atoms with Gasteiger partial charge in [0, 0.05) is 30.7 Å². The molecule has 0 amide bonds. The lowest BCUT2D eigenvalue weighted by molar-refractivity contribution is -0.0172. The van der Waals surface area contributed by atoms with Gasteiger partial charge in [0.2, 0.25) is 0 Å². The molecular formula is C19H22ClFIN3O2. The highest BCUT2D eigenvalue weighted by atomic mass is 127. The minimum Gasteiger partial charge on any atom is -0.467 e. The lowest BCUT2D eigenvalue weighted by Crippen LogP contribution is -2.38. The number of hydrogen-bond acceptors (Lipinski definition) is 3. The molecule has 5 nitrogen and oxygen atoms in total. The third kappa shape index (κ3) is 5.95. The first kappa shape index (κ1) is 21.7. The summed E-state index contributed by atoms with van der Waals surface area (Å²) in [6.45, 7) is 1.71. The fraction of sp³-hybridized carbons (Fsp3) is 0.316. The van der Waals surface area contributed by atoms with E-state index in [1.807, 2.05) is 24.3 Å². The van der Waals surface area contributed by atoms with Gasteiger partial charge < -0.3 is 20.1 Å². The molecule has 0 radical (unpaired) electrons. The zero-order valence-corrected chi connectivity index (χ0v) is 18.0. The minimum atomic E-state index is -0.283. The van der Waals surface area contributed by atoms with Crippen LogP contribution in [0, 0.1) is 5.82 Å². The van der Waals surface area contributed by atoms with Crippen molar-refractivity contribution < 1.29 is 13.9 Å². The Morgan fingerprint density at radius 1 is 1.22 bits per heavy atom. The number of guanidine groups is 1. The molecule has 0 unspecified atom stereocenters. The fourth-order valence-electron chi connectivity index (χ4n) is 2.80. The molecule has 0 aliphatic carbocycles. The third-order valence-corrected chi connectivity index (χ3v) is 4.43. The number of ether oxygens (including phenoxy) is 2. The van der Waals surface area contributed by atoms with Gasteiger partial charge in [-0.3, -0.25) is 4.99 Å². The monoisotopic (exact) mass is 505 g/mol. The van der Waals surface area contributed by atoms with Crippen molar-refractivity contribution >= 4 is 41.5 Å². The molecule has 8 heteroatoms. The smallest absolute Gasteiger partial charge is 0.191 e. The largest absolute Gasteiger partial charge is 0.467 e. The van der Waals surface area contributed by atoms with Gasteiger partial charge in [-0.2, -0.15) is 0 Å². The first-order valence-electron chi connectivity index (χ1n) is 8.37. The van der Waals surface area contributed by atoms with Crippen LogP contribution in [0.4, 0.5) is 4.39 Å². The molecule has 0 fully saturated rings. The summed E-state index contributed by atoms with van der Waals surface area (Å²) < 4.78 is 24.5. The maximum Gasteiger partial charge on any atom is 0.191 e. The Morgan fingerprint density at radius 3 is 2.81 bits per heavy atom. The average Bonchev–Trinajstić information content (AvgIpc) is 2.65. The van der Waals surface area contributed by atoms with Crippen LogP contribution >= 0.6 is 35.6 Å². The molecule has 0 aromatic heterocycles. The lowest BCUT2D eigenvalue weighted by Gasteiger charge is -2.21. The Kier molecular flexibility index (Phi) is 8.59. The Morgan fingerprint density at radius 2 is 2.04 bits per heavy atom. The zero-order chi connectivity index (χ0) is 18.4. The van der Waals surface area contributed by atoms with E-state index in [9.17, 15) is 4.39 Å². The molecule has 1 aliphatic heterocycles. The normalized spacial score (nSPS) is 13.2. The predicted molar refractivity (Wildman–Crippen MR) is 115 cm³/mol. The lowest BCUT2D eigenvalue weighted by atomic mass is 10.1. The molecule has 0 atom stereocenters. The number of halogens is 3. The van der Waals surface area contributed by atoms with Gasteiger partial charge in [0.05, 0.1) is 6.61 Å². The van der Waals surface area contributed by atoms with Crippen molar-refractivity contribution in [1.82, 2.24) is 10.6 Å². The molecular weight excluding hydrogens is 484 g/mol. The van der Waals surface area contributed by atoms with Crippen LogP contribution in [0.25, 0.3) is 0 Å². The molecule has 0 saturated heterocycles. The van der Waals surface area contributed by atoms with Crippen molar-refractivity contribution in [2.75, 3.05) is 20.4 Å². The van der Waals surface area contributed by atoms with Crippen LogP contribution in [0.3, 0.4) is 0 Å². The maximum absolute atomic E-state index is 13.8. The molecule has 2 aromatic carbocycles. The molecule has 2 N–H and O–H groups in total. The van der Waals surface area contributed by atoms with Crippen LogP contribution < -0.4 is 15.4 Å². The van der Waals surface area contributed by atoms with Gasteiger partial charge >= 0.3 is 0 Å². The van der Waals surface area contributed by atoms with Crippen LogP contribution in [0.15, 0.2) is 41.4 Å². The fourth-order valence-corrected chi connectivity index (χ4v) is 3.00. The molecule has 3 rings (SSSR count). The summed E-state index contributed by atoms with van der Waals surface area (Å²) in [6, 6.07) is 10.6. The first-order valence-corrected chi connectivity index (χ1v) is 8.75. The summed E-state index contributed by atoms with van der Waals surface area (Å²) in [5.74, 6) is 1.09. The Labute approximate surface area is 180 Å². The number of aliphatic imine (C=N–C) groups is 1. The zero-order valence-electron chi connectivity index (χ0n) is 14.9. The topological polar surface area (TPSA) is 54.9 Å². The van der Waals surface area contributed by atoms with Crippen LogP contribution in [-0.2, 0) is 24.3 Å². The van der Waals surface area contributed by atoms with E-state index in [1.165, 1.54) is 12.1 Å².